The standard InChI is InChI=1S/C16H22Cl2N2O2/c1-22-10-9-19-7-8-20-15(21)16(5-2-6-16)12-3-4-13(17)14(18)11-12/h3-4,11,19H,2,5-10H2,1H3,(H,20,21). The third kappa shape index (κ3) is 3.93. The molecule has 22 heavy (non-hydrogen) atoms. The zero-order chi connectivity index (χ0) is 16.0. The highest BCUT2D eigenvalue weighted by atomic mass is 35.5. The van der Waals surface area contributed by atoms with E-state index in [0.29, 0.717) is 23.2 Å². The topological polar surface area (TPSA) is 50.4 Å². The van der Waals surface area contributed by atoms with Crippen molar-refractivity contribution in [2.75, 3.05) is 33.4 Å². The van der Waals surface area contributed by atoms with Crippen LogP contribution in [0.1, 0.15) is 24.8 Å². The summed E-state index contributed by atoms with van der Waals surface area (Å²) in [5, 5.41) is 7.24. The summed E-state index contributed by atoms with van der Waals surface area (Å²) in [6.07, 6.45) is 2.77. The highest BCUT2D eigenvalue weighted by Crippen LogP contribution is 2.45. The van der Waals surface area contributed by atoms with Crippen LogP contribution in [0.3, 0.4) is 0 Å². The third-order valence-electron chi connectivity index (χ3n) is 4.18. The molecule has 6 heteroatoms. The van der Waals surface area contributed by atoms with E-state index in [9.17, 15) is 4.79 Å². The minimum Gasteiger partial charge on any atom is -0.383 e. The van der Waals surface area contributed by atoms with Gasteiger partial charge in [-0.2, -0.15) is 0 Å². The van der Waals surface area contributed by atoms with Crippen molar-refractivity contribution in [3.63, 3.8) is 0 Å². The van der Waals surface area contributed by atoms with Crippen LogP contribution in [0.4, 0.5) is 0 Å². The van der Waals surface area contributed by atoms with Gasteiger partial charge < -0.3 is 15.4 Å². The van der Waals surface area contributed by atoms with Crippen molar-refractivity contribution < 1.29 is 9.53 Å². The van der Waals surface area contributed by atoms with Crippen LogP contribution < -0.4 is 10.6 Å². The quantitative estimate of drug-likeness (QED) is 0.713. The molecule has 0 aromatic heterocycles. The number of halogens is 2. The number of hydrogen-bond acceptors (Lipinski definition) is 3. The average molecular weight is 345 g/mol. The molecule has 0 aliphatic heterocycles. The Kier molecular flexibility index (Phi) is 6.50. The second kappa shape index (κ2) is 8.16. The fourth-order valence-corrected chi connectivity index (χ4v) is 3.00. The number of nitrogens with one attached hydrogen (secondary N) is 2. The van der Waals surface area contributed by atoms with Crippen LogP contribution in [0.25, 0.3) is 0 Å². The molecule has 0 heterocycles. The van der Waals surface area contributed by atoms with E-state index >= 15 is 0 Å². The van der Waals surface area contributed by atoms with Crippen LogP contribution in [-0.2, 0) is 14.9 Å². The van der Waals surface area contributed by atoms with Crippen molar-refractivity contribution in [1.29, 1.82) is 0 Å². The van der Waals surface area contributed by atoms with Crippen molar-refractivity contribution >= 4 is 29.1 Å². The van der Waals surface area contributed by atoms with Crippen LogP contribution in [0.5, 0.6) is 0 Å². The van der Waals surface area contributed by atoms with Crippen molar-refractivity contribution in [1.82, 2.24) is 10.6 Å². The molecule has 0 radical (unpaired) electrons. The third-order valence-corrected chi connectivity index (χ3v) is 4.92. The summed E-state index contributed by atoms with van der Waals surface area (Å²) >= 11 is 12.1. The van der Waals surface area contributed by atoms with Gasteiger partial charge in [0.05, 0.1) is 22.1 Å². The van der Waals surface area contributed by atoms with Gasteiger partial charge in [0.15, 0.2) is 0 Å². The lowest BCUT2D eigenvalue weighted by atomic mass is 9.64. The maximum atomic E-state index is 12.6. The molecule has 1 amide bonds. The molecule has 1 aromatic carbocycles. The molecule has 0 saturated heterocycles. The first-order chi connectivity index (χ1) is 10.6. The first-order valence-electron chi connectivity index (χ1n) is 7.53. The van der Waals surface area contributed by atoms with E-state index in [1.54, 1.807) is 13.2 Å². The van der Waals surface area contributed by atoms with Gasteiger partial charge in [-0.05, 0) is 30.5 Å². The lowest BCUT2D eigenvalue weighted by Gasteiger charge is -2.41. The molecule has 1 aromatic rings. The van der Waals surface area contributed by atoms with Gasteiger partial charge in [-0.25, -0.2) is 0 Å². The van der Waals surface area contributed by atoms with Crippen LogP contribution in [0, 0.1) is 0 Å². The van der Waals surface area contributed by atoms with Crippen LogP contribution >= 0.6 is 23.2 Å². The molecule has 0 bridgehead atoms. The van der Waals surface area contributed by atoms with Crippen molar-refractivity contribution in [3.8, 4) is 0 Å². The van der Waals surface area contributed by atoms with Gasteiger partial charge in [0.2, 0.25) is 5.91 Å². The van der Waals surface area contributed by atoms with Gasteiger partial charge in [-0.15, -0.1) is 0 Å². The molecule has 1 saturated carbocycles. The second-order valence-corrected chi connectivity index (χ2v) is 6.38. The number of rotatable bonds is 8. The molecule has 4 nitrogen and oxygen atoms in total. The largest absolute Gasteiger partial charge is 0.383 e. The fourth-order valence-electron chi connectivity index (χ4n) is 2.70. The van der Waals surface area contributed by atoms with E-state index in [1.165, 1.54) is 0 Å². The Bertz CT molecular complexity index is 519. The fraction of sp³-hybridized carbons (Fsp3) is 0.562. The number of benzene rings is 1. The second-order valence-electron chi connectivity index (χ2n) is 5.56. The van der Waals surface area contributed by atoms with E-state index in [-0.39, 0.29) is 5.91 Å². The maximum absolute atomic E-state index is 12.6. The Morgan fingerprint density at radius 3 is 2.59 bits per heavy atom. The predicted octanol–water partition coefficient (Wildman–Crippen LogP) is 2.77. The molecule has 2 N–H and O–H groups in total. The summed E-state index contributed by atoms with van der Waals surface area (Å²) in [7, 11) is 1.67. The smallest absolute Gasteiger partial charge is 0.230 e. The predicted molar refractivity (Wildman–Crippen MR) is 89.7 cm³/mol. The number of carbonyl (C=O) groups excluding carboxylic acids is 1. The van der Waals surface area contributed by atoms with Crippen molar-refractivity contribution in [2.24, 2.45) is 0 Å². The Balaban J connectivity index is 1.92. The number of amides is 1. The Hall–Kier alpha value is -0.810. The maximum Gasteiger partial charge on any atom is 0.230 e. The molecule has 122 valence electrons. The summed E-state index contributed by atoms with van der Waals surface area (Å²) in [5.41, 5.74) is 0.513. The molecular formula is C16H22Cl2N2O2. The monoisotopic (exact) mass is 344 g/mol. The molecule has 0 spiro atoms. The van der Waals surface area contributed by atoms with Crippen molar-refractivity contribution in [3.05, 3.63) is 33.8 Å². The highest BCUT2D eigenvalue weighted by molar-refractivity contribution is 6.42. The number of ether oxygens (including phenoxy) is 1. The van der Waals surface area contributed by atoms with E-state index in [4.69, 9.17) is 27.9 Å². The summed E-state index contributed by atoms with van der Waals surface area (Å²) in [5.74, 6) is 0.0747. The molecule has 0 atom stereocenters. The minimum atomic E-state index is -0.444. The molecular weight excluding hydrogens is 323 g/mol. The first-order valence-corrected chi connectivity index (χ1v) is 8.29. The Morgan fingerprint density at radius 2 is 2.00 bits per heavy atom. The first kappa shape index (κ1) is 17.5. The van der Waals surface area contributed by atoms with Gasteiger partial charge in [-0.3, -0.25) is 4.79 Å². The molecule has 0 unspecified atom stereocenters. The average Bonchev–Trinajstić information content (AvgIpc) is 2.45. The Morgan fingerprint density at radius 1 is 1.23 bits per heavy atom. The van der Waals surface area contributed by atoms with Gasteiger partial charge >= 0.3 is 0 Å². The summed E-state index contributed by atoms with van der Waals surface area (Å²) in [6.45, 7) is 2.78. The zero-order valence-electron chi connectivity index (χ0n) is 12.8. The number of hydrogen-bond donors (Lipinski definition) is 2. The highest BCUT2D eigenvalue weighted by Gasteiger charge is 2.45. The summed E-state index contributed by atoms with van der Waals surface area (Å²) in [6, 6.07) is 5.49. The summed E-state index contributed by atoms with van der Waals surface area (Å²) < 4.78 is 4.96. The van der Waals surface area contributed by atoms with Gasteiger partial charge in [0, 0.05) is 26.7 Å². The normalized spacial score (nSPS) is 16.1. The zero-order valence-corrected chi connectivity index (χ0v) is 14.3. The number of carbonyl (C=O) groups is 1. The van der Waals surface area contributed by atoms with E-state index in [2.05, 4.69) is 10.6 Å². The van der Waals surface area contributed by atoms with E-state index < -0.39 is 5.41 Å². The lowest BCUT2D eigenvalue weighted by Crippen LogP contribution is -2.50. The van der Waals surface area contributed by atoms with Gasteiger partial charge in [-0.1, -0.05) is 35.7 Å². The SMILES string of the molecule is COCCNCCNC(=O)C1(c2ccc(Cl)c(Cl)c2)CCC1. The lowest BCUT2D eigenvalue weighted by molar-refractivity contribution is -0.129. The van der Waals surface area contributed by atoms with Gasteiger partial charge in [0.1, 0.15) is 0 Å². The molecule has 1 aliphatic rings. The van der Waals surface area contributed by atoms with Gasteiger partial charge in [0.25, 0.3) is 0 Å². The molecule has 1 fully saturated rings. The van der Waals surface area contributed by atoms with E-state index in [1.807, 2.05) is 12.1 Å². The number of methoxy groups -OCH3 is 1. The van der Waals surface area contributed by atoms with Crippen LogP contribution in [0.2, 0.25) is 10.0 Å². The molecule has 2 rings (SSSR count). The van der Waals surface area contributed by atoms with Crippen LogP contribution in [-0.4, -0.2) is 39.3 Å². The molecule has 1 aliphatic carbocycles. The van der Waals surface area contributed by atoms with Crippen LogP contribution in [0.15, 0.2) is 18.2 Å². The minimum absolute atomic E-state index is 0.0747. The van der Waals surface area contributed by atoms with Crippen molar-refractivity contribution in [2.45, 2.75) is 24.7 Å². The summed E-state index contributed by atoms with van der Waals surface area (Å²) in [4.78, 5) is 12.6. The Labute approximate surface area is 141 Å². The van der Waals surface area contributed by atoms with E-state index in [0.717, 1.165) is 37.9 Å².